The fraction of sp³-hybridized carbons (Fsp3) is 0.397. The van der Waals surface area contributed by atoms with Crippen molar-refractivity contribution in [1.82, 2.24) is 57.3 Å². The van der Waals surface area contributed by atoms with Gasteiger partial charge >= 0.3 is 11.9 Å². The number of hydrogen-bond acceptors (Lipinski definition) is 14. The Kier molecular flexibility index (Phi) is 23.9. The van der Waals surface area contributed by atoms with E-state index >= 15 is 0 Å². The van der Waals surface area contributed by atoms with Crippen molar-refractivity contribution in [3.8, 4) is 11.5 Å². The molecule has 0 radical (unpaired) electrons. The molecule has 3 heterocycles. The van der Waals surface area contributed by atoms with E-state index in [4.69, 9.17) is 0 Å². The third-order valence-corrected chi connectivity index (χ3v) is 15.6. The molecule has 0 aliphatic carbocycles. The summed E-state index contributed by atoms with van der Waals surface area (Å²) >= 11 is 0. The van der Waals surface area contributed by atoms with Crippen LogP contribution in [0.5, 0.6) is 11.5 Å². The predicted octanol–water partition coefficient (Wildman–Crippen LogP) is 0.352. The van der Waals surface area contributed by atoms with Crippen LogP contribution in [0.3, 0.4) is 0 Å². The Morgan fingerprint density at radius 3 is 1.67 bits per heavy atom. The van der Waals surface area contributed by atoms with E-state index in [-0.39, 0.29) is 63.0 Å². The molecule has 0 unspecified atom stereocenters. The van der Waals surface area contributed by atoms with Gasteiger partial charge in [-0.3, -0.25) is 57.5 Å². The maximum Gasteiger partial charge on any atom is 0.305 e. The summed E-state index contributed by atoms with van der Waals surface area (Å²) in [4.78, 5) is 174. The molecular weight excluding hydrogens is 1170 g/mol. The number of benzene rings is 4. The first-order valence-corrected chi connectivity index (χ1v) is 29.6. The number of H-pyrrole nitrogens is 1. The number of carboxylic acids is 2. The Bertz CT molecular complexity index is 3420. The topological polar surface area (TPSA) is 404 Å². The van der Waals surface area contributed by atoms with Crippen LogP contribution in [-0.4, -0.2) is 181 Å². The molecule has 0 spiro atoms. The van der Waals surface area contributed by atoms with Crippen molar-refractivity contribution in [1.29, 1.82) is 0 Å². The third kappa shape index (κ3) is 19.1. The predicted molar refractivity (Wildman–Crippen MR) is 323 cm³/mol. The Hall–Kier alpha value is -10.3. The molecule has 27 nitrogen and oxygen atoms in total. The van der Waals surface area contributed by atoms with Crippen LogP contribution in [0.1, 0.15) is 80.5 Å². The van der Waals surface area contributed by atoms with Crippen molar-refractivity contribution in [3.05, 3.63) is 132 Å². The van der Waals surface area contributed by atoms with Gasteiger partial charge < -0.3 is 77.7 Å². The highest BCUT2D eigenvalue weighted by Gasteiger charge is 2.41. The first-order valence-electron chi connectivity index (χ1n) is 29.6. The molecule has 2 aliphatic rings. The number of carboxylic acid groups (broad SMARTS) is 2. The van der Waals surface area contributed by atoms with E-state index in [0.717, 1.165) is 9.80 Å². The van der Waals surface area contributed by atoms with Crippen molar-refractivity contribution < 1.29 is 78.0 Å². The maximum absolute atomic E-state index is 14.9. The summed E-state index contributed by atoms with van der Waals surface area (Å²) in [7, 11) is 1.26. The van der Waals surface area contributed by atoms with Crippen LogP contribution in [0.25, 0.3) is 10.9 Å². The third-order valence-electron chi connectivity index (χ3n) is 15.6. The maximum atomic E-state index is 14.9. The van der Waals surface area contributed by atoms with Crippen LogP contribution in [0, 0.1) is 0 Å². The van der Waals surface area contributed by atoms with Gasteiger partial charge in [-0.2, -0.15) is 0 Å². The van der Waals surface area contributed by atoms with Crippen LogP contribution in [0.15, 0.2) is 109 Å². The number of amides is 10. The van der Waals surface area contributed by atoms with Crippen LogP contribution in [0.2, 0.25) is 0 Å². The average molecular weight is 1240 g/mol. The number of hydrogen-bond donors (Lipinski definition) is 13. The number of phenols is 2. The largest absolute Gasteiger partial charge is 0.508 e. The number of fused-ring (bicyclic) bond motifs is 2. The van der Waals surface area contributed by atoms with E-state index in [1.54, 1.807) is 60.8 Å². The lowest BCUT2D eigenvalue weighted by Crippen LogP contribution is -2.60. The minimum absolute atomic E-state index is 0.0354. The normalized spacial score (nSPS) is 22.6. The van der Waals surface area contributed by atoms with Crippen molar-refractivity contribution in [3.63, 3.8) is 0 Å². The van der Waals surface area contributed by atoms with Gasteiger partial charge in [0.1, 0.15) is 59.8 Å². The van der Waals surface area contributed by atoms with Crippen molar-refractivity contribution in [2.75, 3.05) is 26.7 Å². The molecule has 0 saturated carbocycles. The first-order chi connectivity index (χ1) is 43.1. The molecule has 0 bridgehead atoms. The number of unbranched alkanes of at least 4 members (excludes halogenated alkanes) is 2. The Balaban J connectivity index is 1.27. The second-order valence-electron chi connectivity index (χ2n) is 22.3. The van der Waals surface area contributed by atoms with Crippen LogP contribution >= 0.6 is 0 Å². The molecular formula is C63H75N11O16. The zero-order valence-corrected chi connectivity index (χ0v) is 49.7. The second kappa shape index (κ2) is 32.1. The van der Waals surface area contributed by atoms with Gasteiger partial charge in [-0.15, -0.1) is 0 Å². The second-order valence-corrected chi connectivity index (χ2v) is 22.3. The monoisotopic (exact) mass is 1240 g/mol. The van der Waals surface area contributed by atoms with Crippen LogP contribution < -0.4 is 42.5 Å². The van der Waals surface area contributed by atoms with Gasteiger partial charge in [-0.25, -0.2) is 0 Å². The molecule has 2 saturated heterocycles. The Labute approximate surface area is 517 Å². The summed E-state index contributed by atoms with van der Waals surface area (Å²) in [6.07, 6.45) is 0.597. The highest BCUT2D eigenvalue weighted by molar-refractivity contribution is 6.00. The summed E-state index contributed by atoms with van der Waals surface area (Å²) in [5, 5.41) is 61.2. The Morgan fingerprint density at radius 2 is 1.03 bits per heavy atom. The summed E-state index contributed by atoms with van der Waals surface area (Å²) in [5.74, 6) is -13.0. The zero-order chi connectivity index (χ0) is 65.0. The van der Waals surface area contributed by atoms with Gasteiger partial charge in [0, 0.05) is 56.4 Å². The van der Waals surface area contributed by atoms with Gasteiger partial charge in [-0.1, -0.05) is 99.0 Å². The SMILES string of the molecule is CCCCC[C@@H]1NC(=O)[C@H](Cc2ccc(O)cc2)NC(=O)[C@H](Cc2ccccc2)N(C)C(=O)CNC(=O)[C@H](CC(=O)O)NC(=O)[C@H]2CCCN2C(=O)[C@H](CC(=O)O)NC(=O)[C@H](Cc2ccc(O)cc2)NC(=O)CNC(=O)[C@H](Cc2c[nH]c3ccccc23)NC1=O. The highest BCUT2D eigenvalue weighted by Crippen LogP contribution is 2.23. The van der Waals surface area contributed by atoms with E-state index in [1.807, 2.05) is 6.92 Å². The molecule has 13 N–H and O–H groups in total. The van der Waals surface area contributed by atoms with E-state index in [0.29, 0.717) is 52.4 Å². The quantitative estimate of drug-likeness (QED) is 0.0593. The van der Waals surface area contributed by atoms with Crippen LogP contribution in [-0.2, 0) is 83.2 Å². The highest BCUT2D eigenvalue weighted by atomic mass is 16.4. The fourth-order valence-electron chi connectivity index (χ4n) is 10.7. The lowest BCUT2D eigenvalue weighted by molar-refractivity contribution is -0.146. The van der Waals surface area contributed by atoms with Crippen molar-refractivity contribution >= 4 is 81.9 Å². The number of carbonyl (C=O) groups is 12. The number of aromatic amines is 1. The number of nitrogens with zero attached hydrogens (tertiary/aromatic N) is 2. The summed E-state index contributed by atoms with van der Waals surface area (Å²) in [6.45, 7) is 0.0914. The summed E-state index contributed by atoms with van der Waals surface area (Å²) < 4.78 is 0. The fourth-order valence-corrected chi connectivity index (χ4v) is 10.7. The van der Waals surface area contributed by atoms with Gasteiger partial charge in [0.2, 0.25) is 59.1 Å². The van der Waals surface area contributed by atoms with Gasteiger partial charge in [-0.05, 0) is 71.8 Å². The smallest absolute Gasteiger partial charge is 0.305 e. The van der Waals surface area contributed by atoms with Crippen LogP contribution in [0.4, 0.5) is 0 Å². The minimum atomic E-state index is -1.88. The number of carbonyl (C=O) groups excluding carboxylic acids is 10. The average Bonchev–Trinajstić information content (AvgIpc) is 2.31. The zero-order valence-electron chi connectivity index (χ0n) is 49.7. The summed E-state index contributed by atoms with van der Waals surface area (Å²) in [5.41, 5.74) is 2.66. The Morgan fingerprint density at radius 1 is 0.522 bits per heavy atom. The lowest BCUT2D eigenvalue weighted by Gasteiger charge is -2.31. The van der Waals surface area contributed by atoms with E-state index < -0.39 is 145 Å². The lowest BCUT2D eigenvalue weighted by atomic mass is 10.00. The van der Waals surface area contributed by atoms with Gasteiger partial charge in [0.25, 0.3) is 0 Å². The molecule has 7 rings (SSSR count). The molecule has 8 atom stereocenters. The number of para-hydroxylation sites is 1. The summed E-state index contributed by atoms with van der Waals surface area (Å²) in [6, 6.07) is 14.4. The van der Waals surface area contributed by atoms with Gasteiger partial charge in [0.05, 0.1) is 25.9 Å². The molecule has 1 aromatic heterocycles. The molecule has 2 fully saturated rings. The molecule has 2 aliphatic heterocycles. The number of likely N-dealkylation sites (N-methyl/N-ethyl adjacent to an activating group) is 1. The number of aromatic hydroxyl groups is 2. The number of aromatic nitrogens is 1. The first kappa shape index (κ1) is 67.2. The van der Waals surface area contributed by atoms with E-state index in [2.05, 4.69) is 47.5 Å². The number of aliphatic carboxylic acids is 2. The van der Waals surface area contributed by atoms with Crippen molar-refractivity contribution in [2.45, 2.75) is 132 Å². The molecule has 90 heavy (non-hydrogen) atoms. The molecule has 4 aromatic carbocycles. The molecule has 10 amide bonds. The van der Waals surface area contributed by atoms with E-state index in [1.165, 1.54) is 55.6 Å². The number of phenolic OH excluding ortho intramolecular Hbond substituents is 2. The standard InChI is InChI=1S/C63H75N11O16/c1-3-4-6-16-44-58(85)69-47(30-39-33-64-43-15-10-9-14-42(39)43)56(83)65-34-52(77)67-45(27-37-18-22-40(75)23-19-37)59(86)72-49(32-55(81)82)63(90)74-26-11-17-50(74)61(88)71-48(31-54(79)80)57(84)66-35-53(78)73(2)51(29-36-12-7-5-8-13-36)62(89)70-46(60(87)68-44)28-38-20-24-41(76)25-21-38/h5,7-10,12-15,18-25,33,44-51,64,75-76H,3-4,6,11,16-17,26-32,34-35H2,1-2H3,(H,65,83)(H,66,84)(H,67,77)(H,68,87)(H,69,85)(H,70,89)(H,71,88)(H,72,86)(H,79,80)(H,81,82)/t44-,45-,46-,47-,48-,49-,50+,51-/m0/s1. The van der Waals surface area contributed by atoms with Crippen molar-refractivity contribution in [2.24, 2.45) is 0 Å². The molecule has 27 heteroatoms. The van der Waals surface area contributed by atoms with E-state index in [9.17, 15) is 78.0 Å². The number of rotatable bonds is 16. The molecule has 5 aromatic rings. The van der Waals surface area contributed by atoms with Gasteiger partial charge in [0.15, 0.2) is 0 Å². The number of nitrogens with one attached hydrogen (secondary N) is 9. The molecule has 478 valence electrons. The minimum Gasteiger partial charge on any atom is -0.508 e.